The quantitative estimate of drug-likeness (QED) is 0.806. The fraction of sp³-hybridized carbons (Fsp3) is 0.571. The minimum Gasteiger partial charge on any atom is -0.310 e. The lowest BCUT2D eigenvalue weighted by Crippen LogP contribution is -2.22. The number of halogens is 1. The summed E-state index contributed by atoms with van der Waals surface area (Å²) < 4.78 is 0. The number of hydrogen-bond acceptors (Lipinski definition) is 1. The second-order valence-corrected chi connectivity index (χ2v) is 5.24. The molecular weight excluding hydrogens is 218 g/mol. The smallest absolute Gasteiger partial charge is 0.0411 e. The van der Waals surface area contributed by atoms with E-state index in [-0.39, 0.29) is 0 Å². The zero-order chi connectivity index (χ0) is 12.1. The van der Waals surface area contributed by atoms with Gasteiger partial charge in [0.25, 0.3) is 0 Å². The van der Waals surface area contributed by atoms with E-state index in [1.165, 1.54) is 11.1 Å². The zero-order valence-corrected chi connectivity index (χ0v) is 11.4. The topological polar surface area (TPSA) is 12.0 Å². The predicted molar refractivity (Wildman–Crippen MR) is 72.1 cm³/mol. The Bertz CT molecular complexity index is 313. The van der Waals surface area contributed by atoms with Crippen LogP contribution in [0, 0.1) is 12.8 Å². The van der Waals surface area contributed by atoms with Crippen molar-refractivity contribution in [3.63, 3.8) is 0 Å². The summed E-state index contributed by atoms with van der Waals surface area (Å²) in [6.45, 7) is 9.73. The molecule has 0 aliphatic rings. The highest BCUT2D eigenvalue weighted by atomic mass is 35.5. The molecule has 1 unspecified atom stereocenters. The molecule has 0 saturated carbocycles. The minimum atomic E-state index is 0.419. The third kappa shape index (κ3) is 4.15. The fourth-order valence-electron chi connectivity index (χ4n) is 2.02. The summed E-state index contributed by atoms with van der Waals surface area (Å²) in [6, 6.07) is 6.72. The molecule has 0 bridgehead atoms. The van der Waals surface area contributed by atoms with Crippen LogP contribution in [-0.2, 0) is 0 Å². The van der Waals surface area contributed by atoms with Gasteiger partial charge < -0.3 is 5.32 Å². The lowest BCUT2D eigenvalue weighted by atomic mass is 9.96. The first-order valence-electron chi connectivity index (χ1n) is 6.03. The van der Waals surface area contributed by atoms with E-state index in [1.807, 2.05) is 6.07 Å². The van der Waals surface area contributed by atoms with Gasteiger partial charge in [-0.3, -0.25) is 0 Å². The van der Waals surface area contributed by atoms with E-state index in [2.05, 4.69) is 45.1 Å². The van der Waals surface area contributed by atoms with E-state index in [0.29, 0.717) is 12.0 Å². The molecule has 1 aromatic carbocycles. The second kappa shape index (κ2) is 6.27. The largest absolute Gasteiger partial charge is 0.310 e. The molecule has 1 rings (SSSR count). The third-order valence-electron chi connectivity index (χ3n) is 2.62. The van der Waals surface area contributed by atoms with Crippen molar-refractivity contribution in [1.29, 1.82) is 0 Å². The van der Waals surface area contributed by atoms with Gasteiger partial charge in [-0.25, -0.2) is 0 Å². The molecule has 2 heteroatoms. The van der Waals surface area contributed by atoms with Gasteiger partial charge in [0.2, 0.25) is 0 Å². The SMILES string of the molecule is CCNC(CC(C)C)c1cc(C)cc(Cl)c1. The standard InChI is InChI=1S/C14H22ClN/c1-5-16-14(6-10(2)3)12-7-11(4)8-13(15)9-12/h7-10,14,16H,5-6H2,1-4H3. The highest BCUT2D eigenvalue weighted by Crippen LogP contribution is 2.25. The molecule has 0 saturated heterocycles. The maximum absolute atomic E-state index is 6.10. The van der Waals surface area contributed by atoms with E-state index >= 15 is 0 Å². The Morgan fingerprint density at radius 3 is 2.44 bits per heavy atom. The molecule has 90 valence electrons. The van der Waals surface area contributed by atoms with Crippen molar-refractivity contribution in [3.8, 4) is 0 Å². The molecule has 1 atom stereocenters. The third-order valence-corrected chi connectivity index (χ3v) is 2.84. The first kappa shape index (κ1) is 13.5. The first-order valence-corrected chi connectivity index (χ1v) is 6.41. The van der Waals surface area contributed by atoms with Gasteiger partial charge in [-0.2, -0.15) is 0 Å². The van der Waals surface area contributed by atoms with Gasteiger partial charge in [0.15, 0.2) is 0 Å². The lowest BCUT2D eigenvalue weighted by Gasteiger charge is -2.21. The van der Waals surface area contributed by atoms with Crippen molar-refractivity contribution in [3.05, 3.63) is 34.3 Å². The van der Waals surface area contributed by atoms with E-state index in [4.69, 9.17) is 11.6 Å². The van der Waals surface area contributed by atoms with Gasteiger partial charge in [0, 0.05) is 11.1 Å². The summed E-state index contributed by atoms with van der Waals surface area (Å²) in [5.41, 5.74) is 2.54. The lowest BCUT2D eigenvalue weighted by molar-refractivity contribution is 0.438. The normalized spacial score (nSPS) is 13.1. The summed E-state index contributed by atoms with van der Waals surface area (Å²) in [5.74, 6) is 0.684. The van der Waals surface area contributed by atoms with Gasteiger partial charge in [-0.1, -0.05) is 38.4 Å². The Balaban J connectivity index is 2.90. The number of rotatable bonds is 5. The molecule has 1 N–H and O–H groups in total. The molecule has 1 nitrogen and oxygen atoms in total. The molecule has 0 aromatic heterocycles. The van der Waals surface area contributed by atoms with Crippen molar-refractivity contribution in [2.75, 3.05) is 6.54 Å². The zero-order valence-electron chi connectivity index (χ0n) is 10.7. The van der Waals surface area contributed by atoms with Crippen molar-refractivity contribution in [2.45, 2.75) is 40.2 Å². The maximum Gasteiger partial charge on any atom is 0.0411 e. The number of aryl methyl sites for hydroxylation is 1. The molecule has 0 spiro atoms. The Labute approximate surface area is 104 Å². The van der Waals surface area contributed by atoms with E-state index in [0.717, 1.165) is 18.0 Å². The van der Waals surface area contributed by atoms with Gasteiger partial charge in [-0.15, -0.1) is 0 Å². The minimum absolute atomic E-state index is 0.419. The average molecular weight is 240 g/mol. The summed E-state index contributed by atoms with van der Waals surface area (Å²) in [4.78, 5) is 0. The average Bonchev–Trinajstić information content (AvgIpc) is 2.14. The monoisotopic (exact) mass is 239 g/mol. The highest BCUT2D eigenvalue weighted by Gasteiger charge is 2.12. The van der Waals surface area contributed by atoms with Crippen LogP contribution < -0.4 is 5.32 Å². The summed E-state index contributed by atoms with van der Waals surface area (Å²) in [6.07, 6.45) is 1.15. The molecule has 0 heterocycles. The Hall–Kier alpha value is -0.530. The Kier molecular flexibility index (Phi) is 5.30. The van der Waals surface area contributed by atoms with Crippen molar-refractivity contribution >= 4 is 11.6 Å². The Morgan fingerprint density at radius 2 is 1.94 bits per heavy atom. The maximum atomic E-state index is 6.10. The summed E-state index contributed by atoms with van der Waals surface area (Å²) in [7, 11) is 0. The predicted octanol–water partition coefficient (Wildman–Crippen LogP) is 4.35. The van der Waals surface area contributed by atoms with Crippen LogP contribution in [0.5, 0.6) is 0 Å². The van der Waals surface area contributed by atoms with Crippen LogP contribution in [0.15, 0.2) is 18.2 Å². The van der Waals surface area contributed by atoms with Gasteiger partial charge in [0.05, 0.1) is 0 Å². The van der Waals surface area contributed by atoms with Crippen LogP contribution >= 0.6 is 11.6 Å². The molecule has 0 fully saturated rings. The van der Waals surface area contributed by atoms with Gasteiger partial charge in [-0.05, 0) is 49.1 Å². The summed E-state index contributed by atoms with van der Waals surface area (Å²) in [5, 5.41) is 4.36. The van der Waals surface area contributed by atoms with E-state index in [9.17, 15) is 0 Å². The van der Waals surface area contributed by atoms with Gasteiger partial charge in [0.1, 0.15) is 0 Å². The van der Waals surface area contributed by atoms with Crippen LogP contribution in [0.4, 0.5) is 0 Å². The molecule has 0 aliphatic carbocycles. The van der Waals surface area contributed by atoms with Crippen LogP contribution in [0.3, 0.4) is 0 Å². The van der Waals surface area contributed by atoms with Crippen molar-refractivity contribution < 1.29 is 0 Å². The number of nitrogens with one attached hydrogen (secondary N) is 1. The van der Waals surface area contributed by atoms with Crippen LogP contribution in [0.2, 0.25) is 5.02 Å². The van der Waals surface area contributed by atoms with E-state index < -0.39 is 0 Å². The highest BCUT2D eigenvalue weighted by molar-refractivity contribution is 6.30. The second-order valence-electron chi connectivity index (χ2n) is 4.80. The molecular formula is C14H22ClN. The van der Waals surface area contributed by atoms with Crippen molar-refractivity contribution in [1.82, 2.24) is 5.32 Å². The van der Waals surface area contributed by atoms with Crippen LogP contribution in [0.1, 0.15) is 44.4 Å². The molecule has 0 aliphatic heterocycles. The molecule has 0 amide bonds. The first-order chi connectivity index (χ1) is 7.52. The van der Waals surface area contributed by atoms with Crippen LogP contribution in [0.25, 0.3) is 0 Å². The summed E-state index contributed by atoms with van der Waals surface area (Å²) >= 11 is 6.10. The van der Waals surface area contributed by atoms with Crippen LogP contribution in [-0.4, -0.2) is 6.54 Å². The number of benzene rings is 1. The molecule has 1 aromatic rings. The van der Waals surface area contributed by atoms with E-state index in [1.54, 1.807) is 0 Å². The molecule has 16 heavy (non-hydrogen) atoms. The van der Waals surface area contributed by atoms with Gasteiger partial charge >= 0.3 is 0 Å². The Morgan fingerprint density at radius 1 is 1.25 bits per heavy atom. The van der Waals surface area contributed by atoms with Crippen molar-refractivity contribution in [2.24, 2.45) is 5.92 Å². The number of hydrogen-bond donors (Lipinski definition) is 1. The fourth-order valence-corrected chi connectivity index (χ4v) is 2.32. The molecule has 0 radical (unpaired) electrons.